The highest BCUT2D eigenvalue weighted by molar-refractivity contribution is 6.30. The van der Waals surface area contributed by atoms with Gasteiger partial charge in [-0.25, -0.2) is 0 Å². The molecule has 18 heavy (non-hydrogen) atoms. The molecule has 1 aromatic rings. The van der Waals surface area contributed by atoms with E-state index in [0.717, 1.165) is 16.9 Å². The van der Waals surface area contributed by atoms with Crippen molar-refractivity contribution < 1.29 is 9.53 Å². The van der Waals surface area contributed by atoms with E-state index in [0.29, 0.717) is 5.02 Å². The molecule has 0 aliphatic carbocycles. The SMILES string of the molecule is Cc1cc(Cl)cc(C)c1OCC(=O)NC(C)(C)C. The maximum atomic E-state index is 11.7. The summed E-state index contributed by atoms with van der Waals surface area (Å²) in [6.07, 6.45) is 0. The molecule has 0 heterocycles. The third-order valence-corrected chi connectivity index (χ3v) is 2.51. The van der Waals surface area contributed by atoms with Crippen LogP contribution in [0.15, 0.2) is 12.1 Å². The summed E-state index contributed by atoms with van der Waals surface area (Å²) in [5, 5.41) is 3.53. The van der Waals surface area contributed by atoms with Crippen LogP contribution in [-0.2, 0) is 4.79 Å². The highest BCUT2D eigenvalue weighted by Gasteiger charge is 2.15. The van der Waals surface area contributed by atoms with E-state index in [1.807, 2.05) is 46.8 Å². The van der Waals surface area contributed by atoms with Crippen LogP contribution >= 0.6 is 11.6 Å². The number of benzene rings is 1. The van der Waals surface area contributed by atoms with Crippen molar-refractivity contribution in [3.05, 3.63) is 28.3 Å². The number of aryl methyl sites for hydroxylation is 2. The summed E-state index contributed by atoms with van der Waals surface area (Å²) in [6, 6.07) is 3.65. The number of halogens is 1. The van der Waals surface area contributed by atoms with Gasteiger partial charge in [0, 0.05) is 10.6 Å². The van der Waals surface area contributed by atoms with Crippen LogP contribution in [0.25, 0.3) is 0 Å². The van der Waals surface area contributed by atoms with Gasteiger partial charge in [0.1, 0.15) is 5.75 Å². The van der Waals surface area contributed by atoms with E-state index in [1.165, 1.54) is 0 Å². The van der Waals surface area contributed by atoms with Gasteiger partial charge >= 0.3 is 0 Å². The van der Waals surface area contributed by atoms with Gasteiger partial charge in [-0.2, -0.15) is 0 Å². The summed E-state index contributed by atoms with van der Waals surface area (Å²) < 4.78 is 5.56. The lowest BCUT2D eigenvalue weighted by Gasteiger charge is -2.21. The molecule has 100 valence electrons. The summed E-state index contributed by atoms with van der Waals surface area (Å²) in [6.45, 7) is 9.64. The van der Waals surface area contributed by atoms with Crippen LogP contribution in [0.2, 0.25) is 5.02 Å². The van der Waals surface area contributed by atoms with Crippen LogP contribution in [0.1, 0.15) is 31.9 Å². The predicted octanol–water partition coefficient (Wildman–Crippen LogP) is 3.25. The number of rotatable bonds is 3. The van der Waals surface area contributed by atoms with Crippen LogP contribution in [0.4, 0.5) is 0 Å². The van der Waals surface area contributed by atoms with Crippen molar-refractivity contribution in [1.82, 2.24) is 5.32 Å². The lowest BCUT2D eigenvalue weighted by molar-refractivity contribution is -0.124. The third-order valence-electron chi connectivity index (χ3n) is 2.29. The minimum atomic E-state index is -0.246. The molecule has 0 bridgehead atoms. The van der Waals surface area contributed by atoms with E-state index in [1.54, 1.807) is 0 Å². The molecule has 0 radical (unpaired) electrons. The average Bonchev–Trinajstić information content (AvgIpc) is 2.12. The lowest BCUT2D eigenvalue weighted by Crippen LogP contribution is -2.43. The minimum Gasteiger partial charge on any atom is -0.483 e. The molecule has 1 aromatic carbocycles. The van der Waals surface area contributed by atoms with E-state index in [2.05, 4.69) is 5.32 Å². The van der Waals surface area contributed by atoms with Crippen LogP contribution in [-0.4, -0.2) is 18.1 Å². The Morgan fingerprint density at radius 1 is 1.28 bits per heavy atom. The van der Waals surface area contributed by atoms with E-state index in [9.17, 15) is 4.79 Å². The largest absolute Gasteiger partial charge is 0.483 e. The van der Waals surface area contributed by atoms with Crippen molar-refractivity contribution in [2.24, 2.45) is 0 Å². The van der Waals surface area contributed by atoms with Gasteiger partial charge in [0.15, 0.2) is 6.61 Å². The average molecular weight is 270 g/mol. The highest BCUT2D eigenvalue weighted by atomic mass is 35.5. The minimum absolute atomic E-state index is 0.0145. The second-order valence-electron chi connectivity index (χ2n) is 5.46. The number of carbonyl (C=O) groups excluding carboxylic acids is 1. The number of nitrogens with one attached hydrogen (secondary N) is 1. The van der Waals surface area contributed by atoms with Crippen molar-refractivity contribution in [3.8, 4) is 5.75 Å². The van der Waals surface area contributed by atoms with Crippen molar-refractivity contribution in [2.45, 2.75) is 40.2 Å². The number of hydrogen-bond acceptors (Lipinski definition) is 2. The van der Waals surface area contributed by atoms with Gasteiger partial charge in [-0.1, -0.05) is 11.6 Å². The molecule has 0 fully saturated rings. The quantitative estimate of drug-likeness (QED) is 0.915. The monoisotopic (exact) mass is 269 g/mol. The molecule has 0 aliphatic heterocycles. The summed E-state index contributed by atoms with van der Waals surface area (Å²) in [4.78, 5) is 11.7. The molecular weight excluding hydrogens is 250 g/mol. The third kappa shape index (κ3) is 4.57. The highest BCUT2D eigenvalue weighted by Crippen LogP contribution is 2.26. The normalized spacial score (nSPS) is 11.2. The van der Waals surface area contributed by atoms with Gasteiger partial charge in [-0.3, -0.25) is 4.79 Å². The van der Waals surface area contributed by atoms with Gasteiger partial charge < -0.3 is 10.1 Å². The molecular formula is C14H20ClNO2. The molecule has 1 N–H and O–H groups in total. The smallest absolute Gasteiger partial charge is 0.258 e. The second kappa shape index (κ2) is 5.61. The zero-order valence-corrected chi connectivity index (χ0v) is 12.3. The van der Waals surface area contributed by atoms with Crippen LogP contribution < -0.4 is 10.1 Å². The molecule has 0 spiro atoms. The number of hydrogen-bond donors (Lipinski definition) is 1. The molecule has 4 heteroatoms. The maximum Gasteiger partial charge on any atom is 0.258 e. The Bertz CT molecular complexity index is 427. The molecule has 0 aromatic heterocycles. The van der Waals surface area contributed by atoms with E-state index >= 15 is 0 Å². The second-order valence-corrected chi connectivity index (χ2v) is 5.89. The van der Waals surface area contributed by atoms with Gasteiger partial charge in [0.05, 0.1) is 0 Å². The first kappa shape index (κ1) is 14.8. The van der Waals surface area contributed by atoms with Crippen molar-refractivity contribution >= 4 is 17.5 Å². The summed E-state index contributed by atoms with van der Waals surface area (Å²) in [5.74, 6) is 0.597. The molecule has 0 unspecified atom stereocenters. The summed E-state index contributed by atoms with van der Waals surface area (Å²) in [7, 11) is 0. The Kier molecular flexibility index (Phi) is 4.63. The predicted molar refractivity (Wildman–Crippen MR) is 74.3 cm³/mol. The fourth-order valence-electron chi connectivity index (χ4n) is 1.72. The molecule has 3 nitrogen and oxygen atoms in total. The van der Waals surface area contributed by atoms with Gasteiger partial charge in [-0.15, -0.1) is 0 Å². The van der Waals surface area contributed by atoms with Gasteiger partial charge in [0.25, 0.3) is 5.91 Å². The van der Waals surface area contributed by atoms with Gasteiger partial charge in [0.2, 0.25) is 0 Å². The zero-order valence-electron chi connectivity index (χ0n) is 11.6. The van der Waals surface area contributed by atoms with Crippen LogP contribution in [0.5, 0.6) is 5.75 Å². The Morgan fingerprint density at radius 2 is 1.78 bits per heavy atom. The maximum absolute atomic E-state index is 11.7. The number of amides is 1. The summed E-state index contributed by atoms with van der Waals surface area (Å²) >= 11 is 5.94. The van der Waals surface area contributed by atoms with E-state index in [-0.39, 0.29) is 18.1 Å². The van der Waals surface area contributed by atoms with Crippen molar-refractivity contribution in [1.29, 1.82) is 0 Å². The van der Waals surface area contributed by atoms with E-state index in [4.69, 9.17) is 16.3 Å². The number of ether oxygens (including phenoxy) is 1. The van der Waals surface area contributed by atoms with E-state index < -0.39 is 0 Å². The Hall–Kier alpha value is -1.22. The zero-order chi connectivity index (χ0) is 13.9. The van der Waals surface area contributed by atoms with Crippen LogP contribution in [0, 0.1) is 13.8 Å². The van der Waals surface area contributed by atoms with Crippen molar-refractivity contribution in [2.75, 3.05) is 6.61 Å². The molecule has 0 atom stereocenters. The fraction of sp³-hybridized carbons (Fsp3) is 0.500. The topological polar surface area (TPSA) is 38.3 Å². The fourth-order valence-corrected chi connectivity index (χ4v) is 2.04. The molecule has 1 amide bonds. The summed E-state index contributed by atoms with van der Waals surface area (Å²) in [5.41, 5.74) is 1.62. The Morgan fingerprint density at radius 3 is 2.22 bits per heavy atom. The lowest BCUT2D eigenvalue weighted by atomic mass is 10.1. The molecule has 0 aliphatic rings. The first-order chi connectivity index (χ1) is 8.19. The Balaban J connectivity index is 2.67. The molecule has 1 rings (SSSR count). The Labute approximate surface area is 113 Å². The molecule has 0 saturated carbocycles. The van der Waals surface area contributed by atoms with Crippen LogP contribution in [0.3, 0.4) is 0 Å². The molecule has 0 saturated heterocycles. The first-order valence-electron chi connectivity index (χ1n) is 5.89. The first-order valence-corrected chi connectivity index (χ1v) is 6.27. The van der Waals surface area contributed by atoms with Gasteiger partial charge in [-0.05, 0) is 57.9 Å². The standard InChI is InChI=1S/C14H20ClNO2/c1-9-6-11(15)7-10(2)13(9)18-8-12(17)16-14(3,4)5/h6-7H,8H2,1-5H3,(H,16,17). The number of carbonyl (C=O) groups is 1. The van der Waals surface area contributed by atoms with Crippen molar-refractivity contribution in [3.63, 3.8) is 0 Å².